The van der Waals surface area contributed by atoms with Gasteiger partial charge in [-0.3, -0.25) is 9.69 Å². The maximum atomic E-state index is 11.5. The molecule has 0 bridgehead atoms. The molecule has 0 aromatic rings. The number of carbonyl (C=O) groups is 1. The highest BCUT2D eigenvalue weighted by molar-refractivity contribution is 5.74. The zero-order valence-corrected chi connectivity index (χ0v) is 12.6. The van der Waals surface area contributed by atoms with E-state index in [0.29, 0.717) is 23.8 Å². The Balaban J connectivity index is 2.02. The van der Waals surface area contributed by atoms with Crippen LogP contribution >= 0.6 is 0 Å². The molecule has 1 aliphatic heterocycles. The summed E-state index contributed by atoms with van der Waals surface area (Å²) in [5.74, 6) is 1.33. The molecule has 2 fully saturated rings. The summed E-state index contributed by atoms with van der Waals surface area (Å²) in [5.41, 5.74) is 0. The topological polar surface area (TPSA) is 40.5 Å². The van der Waals surface area contributed by atoms with Crippen LogP contribution in [0.15, 0.2) is 0 Å². The lowest BCUT2D eigenvalue weighted by atomic mass is 9.84. The van der Waals surface area contributed by atoms with E-state index in [4.69, 9.17) is 0 Å². The molecular formula is C16H29NO2. The Morgan fingerprint density at radius 2 is 1.95 bits per heavy atom. The second-order valence-electron chi connectivity index (χ2n) is 7.13. The molecule has 1 N–H and O–H groups in total. The van der Waals surface area contributed by atoms with Crippen molar-refractivity contribution in [2.75, 3.05) is 6.54 Å². The highest BCUT2D eigenvalue weighted by atomic mass is 16.4. The molecule has 2 rings (SSSR count). The van der Waals surface area contributed by atoms with Gasteiger partial charge in [0.25, 0.3) is 0 Å². The third-order valence-corrected chi connectivity index (χ3v) is 4.90. The third kappa shape index (κ3) is 3.50. The van der Waals surface area contributed by atoms with E-state index >= 15 is 0 Å². The Morgan fingerprint density at radius 1 is 1.26 bits per heavy atom. The molecule has 19 heavy (non-hydrogen) atoms. The number of likely N-dealkylation sites (tertiary alicyclic amines) is 1. The average molecular weight is 267 g/mol. The highest BCUT2D eigenvalue weighted by Crippen LogP contribution is 2.40. The first-order valence-electron chi connectivity index (χ1n) is 7.97. The number of carboxylic acids is 1. The molecule has 110 valence electrons. The number of aliphatic carboxylic acids is 1. The molecule has 1 heterocycles. The van der Waals surface area contributed by atoms with Gasteiger partial charge < -0.3 is 5.11 Å². The van der Waals surface area contributed by atoms with Crippen LogP contribution in [-0.2, 0) is 4.79 Å². The van der Waals surface area contributed by atoms with Crippen molar-refractivity contribution >= 4 is 5.97 Å². The first-order valence-corrected chi connectivity index (χ1v) is 7.97. The molecule has 0 aromatic carbocycles. The predicted molar refractivity (Wildman–Crippen MR) is 77.1 cm³/mol. The van der Waals surface area contributed by atoms with E-state index in [0.717, 1.165) is 13.0 Å². The van der Waals surface area contributed by atoms with E-state index in [1.807, 2.05) is 0 Å². The maximum Gasteiger partial charge on any atom is 0.320 e. The Bertz CT molecular complexity index is 316. The minimum Gasteiger partial charge on any atom is -0.480 e. The second kappa shape index (κ2) is 6.25. The van der Waals surface area contributed by atoms with Gasteiger partial charge >= 0.3 is 5.97 Å². The van der Waals surface area contributed by atoms with Gasteiger partial charge in [-0.15, -0.1) is 0 Å². The van der Waals surface area contributed by atoms with Gasteiger partial charge in [0.05, 0.1) is 0 Å². The van der Waals surface area contributed by atoms with Crippen LogP contribution in [0.2, 0.25) is 0 Å². The molecule has 0 spiro atoms. The van der Waals surface area contributed by atoms with E-state index in [2.05, 4.69) is 25.7 Å². The van der Waals surface area contributed by atoms with E-state index in [9.17, 15) is 9.90 Å². The highest BCUT2D eigenvalue weighted by Gasteiger charge is 2.45. The fourth-order valence-electron chi connectivity index (χ4n) is 4.30. The SMILES string of the molecule is CC(C)CC(C)CN1C(C(=O)O)CC2CCCCC21. The Morgan fingerprint density at radius 3 is 2.58 bits per heavy atom. The van der Waals surface area contributed by atoms with E-state index in [1.165, 1.54) is 32.1 Å². The molecule has 4 atom stereocenters. The molecule has 3 nitrogen and oxygen atoms in total. The quantitative estimate of drug-likeness (QED) is 0.830. The molecule has 0 aromatic heterocycles. The second-order valence-corrected chi connectivity index (χ2v) is 7.13. The number of hydrogen-bond acceptors (Lipinski definition) is 2. The summed E-state index contributed by atoms with van der Waals surface area (Å²) in [6.07, 6.45) is 7.10. The lowest BCUT2D eigenvalue weighted by Crippen LogP contribution is -2.44. The van der Waals surface area contributed by atoms with Crippen LogP contribution in [-0.4, -0.2) is 34.6 Å². The fraction of sp³-hybridized carbons (Fsp3) is 0.938. The summed E-state index contributed by atoms with van der Waals surface area (Å²) in [6.45, 7) is 7.74. The molecule has 1 saturated heterocycles. The molecule has 4 unspecified atom stereocenters. The Labute approximate surface area is 117 Å². The van der Waals surface area contributed by atoms with Gasteiger partial charge in [-0.2, -0.15) is 0 Å². The van der Waals surface area contributed by atoms with E-state index < -0.39 is 5.97 Å². The Hall–Kier alpha value is -0.570. The average Bonchev–Trinajstić information content (AvgIpc) is 2.67. The summed E-state index contributed by atoms with van der Waals surface area (Å²) in [5, 5.41) is 9.48. The van der Waals surface area contributed by atoms with E-state index in [-0.39, 0.29) is 6.04 Å². The van der Waals surface area contributed by atoms with Crippen molar-refractivity contribution in [3.8, 4) is 0 Å². The number of hydrogen-bond donors (Lipinski definition) is 1. The van der Waals surface area contributed by atoms with Crippen molar-refractivity contribution in [3.63, 3.8) is 0 Å². The smallest absolute Gasteiger partial charge is 0.320 e. The maximum absolute atomic E-state index is 11.5. The summed E-state index contributed by atoms with van der Waals surface area (Å²) in [7, 11) is 0. The van der Waals surface area contributed by atoms with Crippen LogP contribution in [0.4, 0.5) is 0 Å². The largest absolute Gasteiger partial charge is 0.480 e. The number of fused-ring (bicyclic) bond motifs is 1. The first-order chi connectivity index (χ1) is 8.99. The fourth-order valence-corrected chi connectivity index (χ4v) is 4.30. The standard InChI is InChI=1S/C16H29NO2/c1-11(2)8-12(3)10-17-14-7-5-4-6-13(14)9-15(17)16(18)19/h11-15H,4-10H2,1-3H3,(H,18,19). The minimum absolute atomic E-state index is 0.220. The zero-order chi connectivity index (χ0) is 14.0. The summed E-state index contributed by atoms with van der Waals surface area (Å²) >= 11 is 0. The van der Waals surface area contributed by atoms with Crippen LogP contribution in [0, 0.1) is 17.8 Å². The van der Waals surface area contributed by atoms with Crippen LogP contribution in [0.5, 0.6) is 0 Å². The summed E-state index contributed by atoms with van der Waals surface area (Å²) < 4.78 is 0. The van der Waals surface area contributed by atoms with Crippen molar-refractivity contribution in [3.05, 3.63) is 0 Å². The summed E-state index contributed by atoms with van der Waals surface area (Å²) in [6, 6.07) is 0.326. The molecule has 0 radical (unpaired) electrons. The van der Waals surface area contributed by atoms with Gasteiger partial charge in [0.2, 0.25) is 0 Å². The van der Waals surface area contributed by atoms with Gasteiger partial charge in [-0.25, -0.2) is 0 Å². The monoisotopic (exact) mass is 267 g/mol. The number of nitrogens with zero attached hydrogens (tertiary/aromatic N) is 1. The molecular weight excluding hydrogens is 238 g/mol. The molecule has 2 aliphatic rings. The molecule has 1 saturated carbocycles. The lowest BCUT2D eigenvalue weighted by molar-refractivity contribution is -0.142. The number of rotatable bonds is 5. The normalized spacial score (nSPS) is 33.4. The summed E-state index contributed by atoms with van der Waals surface area (Å²) in [4.78, 5) is 13.8. The minimum atomic E-state index is -0.605. The number of carboxylic acid groups (broad SMARTS) is 1. The zero-order valence-electron chi connectivity index (χ0n) is 12.6. The van der Waals surface area contributed by atoms with Crippen molar-refractivity contribution in [2.24, 2.45) is 17.8 Å². The lowest BCUT2D eigenvalue weighted by Gasteiger charge is -2.34. The van der Waals surface area contributed by atoms with Crippen LogP contribution in [0.25, 0.3) is 0 Å². The van der Waals surface area contributed by atoms with Gasteiger partial charge in [0.15, 0.2) is 0 Å². The van der Waals surface area contributed by atoms with Gasteiger partial charge in [0, 0.05) is 12.6 Å². The van der Waals surface area contributed by atoms with Crippen molar-refractivity contribution < 1.29 is 9.90 Å². The predicted octanol–water partition coefficient (Wildman–Crippen LogP) is 3.39. The molecule has 1 aliphatic carbocycles. The van der Waals surface area contributed by atoms with Crippen LogP contribution in [0.3, 0.4) is 0 Å². The van der Waals surface area contributed by atoms with Gasteiger partial charge in [-0.1, -0.05) is 33.6 Å². The van der Waals surface area contributed by atoms with Crippen LogP contribution in [0.1, 0.15) is 59.3 Å². The molecule has 0 amide bonds. The first kappa shape index (κ1) is 14.8. The van der Waals surface area contributed by atoms with Crippen molar-refractivity contribution in [1.29, 1.82) is 0 Å². The van der Waals surface area contributed by atoms with Crippen molar-refractivity contribution in [1.82, 2.24) is 4.90 Å². The van der Waals surface area contributed by atoms with Crippen molar-refractivity contribution in [2.45, 2.75) is 71.4 Å². The Kier molecular flexibility index (Phi) is 4.88. The van der Waals surface area contributed by atoms with E-state index in [1.54, 1.807) is 0 Å². The van der Waals surface area contributed by atoms with Crippen LogP contribution < -0.4 is 0 Å². The third-order valence-electron chi connectivity index (χ3n) is 4.90. The van der Waals surface area contributed by atoms with Gasteiger partial charge in [-0.05, 0) is 43.4 Å². The molecule has 3 heteroatoms. The van der Waals surface area contributed by atoms with Gasteiger partial charge in [0.1, 0.15) is 6.04 Å².